The van der Waals surface area contributed by atoms with E-state index in [-0.39, 0.29) is 0 Å². The molecule has 1 saturated heterocycles. The van der Waals surface area contributed by atoms with Crippen LogP contribution < -0.4 is 0 Å². The van der Waals surface area contributed by atoms with Crippen LogP contribution >= 0.6 is 0 Å². The number of imidazole rings is 1. The van der Waals surface area contributed by atoms with Crippen molar-refractivity contribution < 1.29 is 4.79 Å². The lowest BCUT2D eigenvalue weighted by atomic mass is 9.87. The molecule has 2 heterocycles. The van der Waals surface area contributed by atoms with E-state index in [1.165, 1.54) is 44.3 Å². The molecule has 4 rings (SSSR count). The van der Waals surface area contributed by atoms with E-state index >= 15 is 0 Å². The highest BCUT2D eigenvalue weighted by molar-refractivity contribution is 5.79. The lowest BCUT2D eigenvalue weighted by molar-refractivity contribution is -0.137. The Hall–Kier alpha value is -1.32. The fraction of sp³-hybridized carbons (Fsp3) is 0.789. The summed E-state index contributed by atoms with van der Waals surface area (Å²) in [7, 11) is 0. The highest BCUT2D eigenvalue weighted by Gasteiger charge is 2.32. The molecule has 3 aliphatic rings. The van der Waals surface area contributed by atoms with Gasteiger partial charge in [-0.05, 0) is 44.4 Å². The summed E-state index contributed by atoms with van der Waals surface area (Å²) in [5, 5.41) is 0. The Morgan fingerprint density at radius 1 is 1.09 bits per heavy atom. The first kappa shape index (κ1) is 15.2. The second kappa shape index (κ2) is 6.66. The van der Waals surface area contributed by atoms with E-state index in [1.807, 2.05) is 6.20 Å². The third-order valence-electron chi connectivity index (χ3n) is 5.95. The zero-order valence-electron chi connectivity index (χ0n) is 14.1. The van der Waals surface area contributed by atoms with E-state index in [0.717, 1.165) is 44.8 Å². The van der Waals surface area contributed by atoms with Crippen molar-refractivity contribution in [2.75, 3.05) is 13.1 Å². The van der Waals surface area contributed by atoms with Crippen molar-refractivity contribution in [1.82, 2.24) is 14.5 Å². The van der Waals surface area contributed by atoms with E-state index in [2.05, 4.69) is 20.6 Å². The SMILES string of the molecule is O=C(C1CCCCC1)N1CCCC(c2nccn2CC2CC2)C1. The summed E-state index contributed by atoms with van der Waals surface area (Å²) < 4.78 is 2.36. The predicted octanol–water partition coefficient (Wildman–Crippen LogP) is 3.58. The summed E-state index contributed by atoms with van der Waals surface area (Å²) in [6.45, 7) is 2.97. The van der Waals surface area contributed by atoms with E-state index in [0.29, 0.717) is 17.7 Å². The molecule has 1 amide bonds. The molecule has 4 nitrogen and oxygen atoms in total. The number of hydrogen-bond donors (Lipinski definition) is 0. The van der Waals surface area contributed by atoms with Gasteiger partial charge in [0.05, 0.1) is 0 Å². The summed E-state index contributed by atoms with van der Waals surface area (Å²) in [6.07, 6.45) is 15.1. The van der Waals surface area contributed by atoms with Crippen molar-refractivity contribution in [3.63, 3.8) is 0 Å². The Balaban J connectivity index is 1.42. The number of carbonyl (C=O) groups is 1. The third kappa shape index (κ3) is 3.46. The van der Waals surface area contributed by atoms with E-state index in [9.17, 15) is 4.79 Å². The molecule has 4 heteroatoms. The summed E-state index contributed by atoms with van der Waals surface area (Å²) >= 11 is 0. The average molecular weight is 315 g/mol. The fourth-order valence-corrected chi connectivity index (χ4v) is 4.41. The molecule has 0 bridgehead atoms. The van der Waals surface area contributed by atoms with Crippen LogP contribution in [0.2, 0.25) is 0 Å². The number of piperidine rings is 1. The second-order valence-corrected chi connectivity index (χ2v) is 7.84. The molecule has 0 radical (unpaired) electrons. The molecule has 1 aromatic heterocycles. The van der Waals surface area contributed by atoms with Crippen LogP contribution in [0, 0.1) is 11.8 Å². The monoisotopic (exact) mass is 315 g/mol. The van der Waals surface area contributed by atoms with Crippen LogP contribution in [0.5, 0.6) is 0 Å². The molecule has 2 saturated carbocycles. The van der Waals surface area contributed by atoms with Crippen LogP contribution in [0.25, 0.3) is 0 Å². The van der Waals surface area contributed by atoms with Gasteiger partial charge in [-0.15, -0.1) is 0 Å². The Labute approximate surface area is 139 Å². The van der Waals surface area contributed by atoms with Gasteiger partial charge < -0.3 is 9.47 Å². The largest absolute Gasteiger partial charge is 0.342 e. The van der Waals surface area contributed by atoms with Gasteiger partial charge in [-0.3, -0.25) is 4.79 Å². The number of likely N-dealkylation sites (tertiary alicyclic amines) is 1. The van der Waals surface area contributed by atoms with Crippen molar-refractivity contribution in [1.29, 1.82) is 0 Å². The average Bonchev–Trinajstić information content (AvgIpc) is 3.30. The maximum absolute atomic E-state index is 12.8. The van der Waals surface area contributed by atoms with Crippen LogP contribution in [-0.2, 0) is 11.3 Å². The van der Waals surface area contributed by atoms with Crippen molar-refractivity contribution in [3.8, 4) is 0 Å². The highest BCUT2D eigenvalue weighted by atomic mass is 16.2. The van der Waals surface area contributed by atoms with Crippen LogP contribution in [0.4, 0.5) is 0 Å². The molecule has 1 aromatic rings. The summed E-state index contributed by atoms with van der Waals surface area (Å²) in [5.74, 6) is 3.25. The first-order valence-electron chi connectivity index (χ1n) is 9.61. The fourth-order valence-electron chi connectivity index (χ4n) is 4.41. The highest BCUT2D eigenvalue weighted by Crippen LogP contribution is 2.34. The zero-order chi connectivity index (χ0) is 15.6. The van der Waals surface area contributed by atoms with Gasteiger partial charge in [-0.1, -0.05) is 19.3 Å². The van der Waals surface area contributed by atoms with E-state index < -0.39 is 0 Å². The molecule has 0 N–H and O–H groups in total. The van der Waals surface area contributed by atoms with Gasteiger partial charge >= 0.3 is 0 Å². The van der Waals surface area contributed by atoms with Gasteiger partial charge in [-0.25, -0.2) is 4.98 Å². The number of hydrogen-bond acceptors (Lipinski definition) is 2. The predicted molar refractivity (Wildman–Crippen MR) is 90.1 cm³/mol. The summed E-state index contributed by atoms with van der Waals surface area (Å²) in [5.41, 5.74) is 0. The third-order valence-corrected chi connectivity index (χ3v) is 5.95. The topological polar surface area (TPSA) is 38.1 Å². The molecule has 0 spiro atoms. The number of rotatable bonds is 4. The number of amides is 1. The molecule has 1 aliphatic heterocycles. The Bertz CT molecular complexity index is 543. The van der Waals surface area contributed by atoms with Gasteiger partial charge in [0.25, 0.3) is 0 Å². The van der Waals surface area contributed by atoms with Crippen molar-refractivity contribution in [2.24, 2.45) is 11.8 Å². The van der Waals surface area contributed by atoms with Gasteiger partial charge in [0.1, 0.15) is 5.82 Å². The minimum Gasteiger partial charge on any atom is -0.342 e. The number of nitrogens with zero attached hydrogens (tertiary/aromatic N) is 3. The standard InChI is InChI=1S/C19H29N3O/c23-19(16-5-2-1-3-6-16)22-11-4-7-17(14-22)18-20-10-12-21(18)13-15-8-9-15/h10,12,15-17H,1-9,11,13-14H2. The van der Waals surface area contributed by atoms with Crippen molar-refractivity contribution in [2.45, 2.75) is 70.3 Å². The number of aromatic nitrogens is 2. The van der Waals surface area contributed by atoms with Crippen LogP contribution in [0.15, 0.2) is 12.4 Å². The normalized spacial score (nSPS) is 26.4. The van der Waals surface area contributed by atoms with Gasteiger partial charge in [-0.2, -0.15) is 0 Å². The molecule has 3 fully saturated rings. The quantitative estimate of drug-likeness (QED) is 0.852. The van der Waals surface area contributed by atoms with Gasteiger partial charge in [0.2, 0.25) is 5.91 Å². The summed E-state index contributed by atoms with van der Waals surface area (Å²) in [4.78, 5) is 19.6. The second-order valence-electron chi connectivity index (χ2n) is 7.84. The lowest BCUT2D eigenvalue weighted by Gasteiger charge is -2.35. The molecule has 1 atom stereocenters. The Kier molecular flexibility index (Phi) is 4.41. The lowest BCUT2D eigenvalue weighted by Crippen LogP contribution is -2.43. The Morgan fingerprint density at radius 2 is 1.91 bits per heavy atom. The van der Waals surface area contributed by atoms with Gasteiger partial charge in [0, 0.05) is 43.9 Å². The Morgan fingerprint density at radius 3 is 2.70 bits per heavy atom. The smallest absolute Gasteiger partial charge is 0.225 e. The first-order valence-corrected chi connectivity index (χ1v) is 9.61. The zero-order valence-corrected chi connectivity index (χ0v) is 14.1. The van der Waals surface area contributed by atoms with Crippen LogP contribution in [-0.4, -0.2) is 33.4 Å². The minimum atomic E-state index is 0.300. The molecule has 126 valence electrons. The maximum Gasteiger partial charge on any atom is 0.225 e. The van der Waals surface area contributed by atoms with Crippen LogP contribution in [0.3, 0.4) is 0 Å². The molecule has 0 aromatic carbocycles. The molecular formula is C19H29N3O. The van der Waals surface area contributed by atoms with Crippen LogP contribution in [0.1, 0.15) is 69.5 Å². The van der Waals surface area contributed by atoms with Crippen molar-refractivity contribution >= 4 is 5.91 Å². The first-order chi connectivity index (χ1) is 11.3. The maximum atomic E-state index is 12.8. The van der Waals surface area contributed by atoms with E-state index in [4.69, 9.17) is 0 Å². The molecule has 2 aliphatic carbocycles. The summed E-state index contributed by atoms with van der Waals surface area (Å²) in [6, 6.07) is 0. The van der Waals surface area contributed by atoms with E-state index in [1.54, 1.807) is 0 Å². The minimum absolute atomic E-state index is 0.300. The van der Waals surface area contributed by atoms with Crippen molar-refractivity contribution in [3.05, 3.63) is 18.2 Å². The molecule has 1 unspecified atom stereocenters. The molecular weight excluding hydrogens is 286 g/mol. The molecule has 23 heavy (non-hydrogen) atoms. The van der Waals surface area contributed by atoms with Gasteiger partial charge in [0.15, 0.2) is 0 Å². The number of carbonyl (C=O) groups excluding carboxylic acids is 1.